The lowest BCUT2D eigenvalue weighted by Gasteiger charge is -2.19. The van der Waals surface area contributed by atoms with Crippen LogP contribution in [0.2, 0.25) is 0 Å². The monoisotopic (exact) mass is 1110 g/mol. The number of phosphoric ester groups is 1. The van der Waals surface area contributed by atoms with E-state index in [2.05, 4.69) is 196 Å². The molecule has 79 heavy (non-hydrogen) atoms. The standard InChI is InChI=1S/C69H108NO8P/c1-3-5-7-9-11-13-15-17-19-21-23-25-26-27-28-29-30-31-32-33-34-35-36-37-38-39-40-42-44-46-48-50-52-54-56-58-60-62-69(72)78-67(66-77-79(73,74)76-64-63-70)65-75-68(71)61-59-57-55-53-51-49-47-45-43-41-24-22-20-18-16-14-12-10-8-6-4-2/h5-8,11-14,17-20,23-25,27-28,30-31,33-34,36-37,39-41,44-47,67H,3-4,9-10,15-16,21-22,26,29,32,35,38,42-43,48-66,70H2,1-2H3,(H,73,74)/b7-5-,8-6-,13-11-,14-12-,19-17-,20-18-,25-23-,28-27-,31-30-,34-33-,37-36-,40-39-,41-24-,46-44-,47-45-. The average Bonchev–Trinajstić information content (AvgIpc) is 3.44. The third-order valence-electron chi connectivity index (χ3n) is 11.8. The van der Waals surface area contributed by atoms with Gasteiger partial charge in [-0.2, -0.15) is 0 Å². The average molecular weight is 1110 g/mol. The molecular weight excluding hydrogens is 1000 g/mol. The van der Waals surface area contributed by atoms with Gasteiger partial charge in [-0.15, -0.1) is 0 Å². The van der Waals surface area contributed by atoms with E-state index >= 15 is 0 Å². The highest BCUT2D eigenvalue weighted by Crippen LogP contribution is 2.43. The van der Waals surface area contributed by atoms with Gasteiger partial charge in [-0.25, -0.2) is 4.57 Å². The molecule has 10 heteroatoms. The van der Waals surface area contributed by atoms with Crippen molar-refractivity contribution in [3.63, 3.8) is 0 Å². The van der Waals surface area contributed by atoms with E-state index in [1.165, 1.54) is 0 Å². The van der Waals surface area contributed by atoms with Crippen molar-refractivity contribution in [2.45, 2.75) is 213 Å². The Morgan fingerprint density at radius 2 is 0.658 bits per heavy atom. The summed E-state index contributed by atoms with van der Waals surface area (Å²) >= 11 is 0. The van der Waals surface area contributed by atoms with E-state index in [4.69, 9.17) is 24.3 Å². The summed E-state index contributed by atoms with van der Waals surface area (Å²) in [5.41, 5.74) is 5.38. The highest BCUT2D eigenvalue weighted by molar-refractivity contribution is 7.47. The minimum Gasteiger partial charge on any atom is -0.462 e. The maximum absolute atomic E-state index is 12.7. The fraction of sp³-hybridized carbons (Fsp3) is 0.536. The molecule has 0 aliphatic heterocycles. The van der Waals surface area contributed by atoms with E-state index in [0.29, 0.717) is 12.8 Å². The van der Waals surface area contributed by atoms with Crippen molar-refractivity contribution < 1.29 is 37.6 Å². The van der Waals surface area contributed by atoms with Gasteiger partial charge in [0.1, 0.15) is 6.61 Å². The topological polar surface area (TPSA) is 134 Å². The van der Waals surface area contributed by atoms with Crippen LogP contribution in [0.3, 0.4) is 0 Å². The lowest BCUT2D eigenvalue weighted by Crippen LogP contribution is -2.29. The third-order valence-corrected chi connectivity index (χ3v) is 12.8. The van der Waals surface area contributed by atoms with Crippen molar-refractivity contribution in [2.75, 3.05) is 26.4 Å². The smallest absolute Gasteiger partial charge is 0.462 e. The van der Waals surface area contributed by atoms with Gasteiger partial charge in [-0.3, -0.25) is 18.6 Å². The van der Waals surface area contributed by atoms with Crippen LogP contribution < -0.4 is 5.73 Å². The van der Waals surface area contributed by atoms with Crippen LogP contribution in [0.25, 0.3) is 0 Å². The molecule has 0 bridgehead atoms. The van der Waals surface area contributed by atoms with Gasteiger partial charge in [0.25, 0.3) is 0 Å². The quantitative estimate of drug-likeness (QED) is 0.0264. The van der Waals surface area contributed by atoms with Gasteiger partial charge < -0.3 is 20.1 Å². The second-order valence-corrected chi connectivity index (χ2v) is 20.6. The fourth-order valence-corrected chi connectivity index (χ4v) is 8.16. The first-order valence-corrected chi connectivity index (χ1v) is 31.8. The summed E-state index contributed by atoms with van der Waals surface area (Å²) in [6, 6.07) is 0. The van der Waals surface area contributed by atoms with Crippen LogP contribution in [-0.2, 0) is 32.7 Å². The zero-order valence-electron chi connectivity index (χ0n) is 49.3. The van der Waals surface area contributed by atoms with Crippen LogP contribution in [0.4, 0.5) is 0 Å². The van der Waals surface area contributed by atoms with E-state index in [9.17, 15) is 19.0 Å². The normalized spacial score (nSPS) is 14.3. The lowest BCUT2D eigenvalue weighted by atomic mass is 10.1. The molecule has 0 radical (unpaired) electrons. The maximum atomic E-state index is 12.7. The first-order valence-electron chi connectivity index (χ1n) is 30.3. The summed E-state index contributed by atoms with van der Waals surface area (Å²) in [6.45, 7) is 3.44. The van der Waals surface area contributed by atoms with Crippen molar-refractivity contribution in [3.8, 4) is 0 Å². The van der Waals surface area contributed by atoms with Crippen molar-refractivity contribution in [1.29, 1.82) is 0 Å². The van der Waals surface area contributed by atoms with Gasteiger partial charge in [-0.1, -0.05) is 241 Å². The highest BCUT2D eigenvalue weighted by Gasteiger charge is 2.26. The Kier molecular flexibility index (Phi) is 58.5. The number of carbonyl (C=O) groups is 2. The fourth-order valence-electron chi connectivity index (χ4n) is 7.39. The number of phosphoric acid groups is 1. The molecule has 2 atom stereocenters. The predicted molar refractivity (Wildman–Crippen MR) is 339 cm³/mol. The number of hydrogen-bond acceptors (Lipinski definition) is 8. The van der Waals surface area contributed by atoms with E-state index in [1.807, 2.05) is 0 Å². The molecule has 3 N–H and O–H groups in total. The summed E-state index contributed by atoms with van der Waals surface area (Å²) in [5.74, 6) is -0.883. The summed E-state index contributed by atoms with van der Waals surface area (Å²) in [5, 5.41) is 0. The number of nitrogens with two attached hydrogens (primary N) is 1. The number of carbonyl (C=O) groups excluding carboxylic acids is 2. The SMILES string of the molecule is CC/C=C\C/C=C\C/C=C\C/C=C\C/C=C\C/C=C\C/C=C\C/C=C\C/C=C\C/C=C\CCCCCCCCC(=O)OC(COC(=O)CCCCCCC/C=C\C/C=C\C/C=C\C/C=C\C/C=C\CC)COP(=O)(O)OCCN. The van der Waals surface area contributed by atoms with Crippen LogP contribution >= 0.6 is 7.82 Å². The lowest BCUT2D eigenvalue weighted by molar-refractivity contribution is -0.161. The minimum atomic E-state index is -4.41. The van der Waals surface area contributed by atoms with Gasteiger partial charge in [0.15, 0.2) is 6.10 Å². The molecule has 0 aliphatic carbocycles. The molecule has 0 aromatic heterocycles. The molecule has 0 aromatic rings. The zero-order valence-corrected chi connectivity index (χ0v) is 50.2. The molecule has 442 valence electrons. The molecule has 0 heterocycles. The second kappa shape index (κ2) is 62.3. The second-order valence-electron chi connectivity index (χ2n) is 19.1. The highest BCUT2D eigenvalue weighted by atomic mass is 31.2. The number of unbranched alkanes of at least 4 members (excludes halogenated alkanes) is 11. The first-order chi connectivity index (χ1) is 38.8. The van der Waals surface area contributed by atoms with Gasteiger partial charge in [-0.05, 0) is 135 Å². The number of rotatable bonds is 54. The Morgan fingerprint density at radius 3 is 0.975 bits per heavy atom. The Balaban J connectivity index is 4.10. The molecule has 0 saturated carbocycles. The largest absolute Gasteiger partial charge is 0.472 e. The Bertz CT molecular complexity index is 1940. The van der Waals surface area contributed by atoms with Crippen LogP contribution in [0.15, 0.2) is 182 Å². The van der Waals surface area contributed by atoms with Gasteiger partial charge >= 0.3 is 19.8 Å². The summed E-state index contributed by atoms with van der Waals surface area (Å²) in [7, 11) is -4.41. The third kappa shape index (κ3) is 62.2. The van der Waals surface area contributed by atoms with E-state index in [0.717, 1.165) is 167 Å². The number of allylic oxidation sites excluding steroid dienone is 30. The molecule has 0 aromatic carbocycles. The minimum absolute atomic E-state index is 0.0371. The summed E-state index contributed by atoms with van der Waals surface area (Å²) in [4.78, 5) is 35.2. The zero-order chi connectivity index (χ0) is 57.3. The Morgan fingerprint density at radius 1 is 0.380 bits per heavy atom. The van der Waals surface area contributed by atoms with Gasteiger partial charge in [0.2, 0.25) is 0 Å². The summed E-state index contributed by atoms with van der Waals surface area (Å²) < 4.78 is 33.0. The van der Waals surface area contributed by atoms with Gasteiger partial charge in [0, 0.05) is 19.4 Å². The number of ether oxygens (including phenoxy) is 2. The first kappa shape index (κ1) is 74.1. The maximum Gasteiger partial charge on any atom is 0.472 e. The summed E-state index contributed by atoms with van der Waals surface area (Å²) in [6.07, 6.45) is 93.7. The van der Waals surface area contributed by atoms with Crippen molar-refractivity contribution in [3.05, 3.63) is 182 Å². The molecule has 0 saturated heterocycles. The van der Waals surface area contributed by atoms with Crippen LogP contribution in [0, 0.1) is 0 Å². The molecule has 0 rings (SSSR count). The molecule has 9 nitrogen and oxygen atoms in total. The van der Waals surface area contributed by atoms with Crippen LogP contribution in [-0.4, -0.2) is 49.3 Å². The van der Waals surface area contributed by atoms with Crippen LogP contribution in [0.5, 0.6) is 0 Å². The van der Waals surface area contributed by atoms with E-state index in [-0.39, 0.29) is 32.6 Å². The van der Waals surface area contributed by atoms with Crippen molar-refractivity contribution in [1.82, 2.24) is 0 Å². The predicted octanol–water partition coefficient (Wildman–Crippen LogP) is 19.6. The molecule has 0 spiro atoms. The van der Waals surface area contributed by atoms with E-state index < -0.39 is 32.5 Å². The molecule has 0 aliphatic rings. The van der Waals surface area contributed by atoms with E-state index in [1.54, 1.807) is 0 Å². The molecule has 0 fully saturated rings. The Hall–Kier alpha value is -4.89. The van der Waals surface area contributed by atoms with Crippen molar-refractivity contribution >= 4 is 19.8 Å². The number of esters is 2. The Labute approximate surface area is 482 Å². The van der Waals surface area contributed by atoms with Gasteiger partial charge in [0.05, 0.1) is 13.2 Å². The van der Waals surface area contributed by atoms with Crippen LogP contribution in [0.1, 0.15) is 206 Å². The molecule has 0 amide bonds. The van der Waals surface area contributed by atoms with Crippen molar-refractivity contribution in [2.24, 2.45) is 5.73 Å². The number of hydrogen-bond donors (Lipinski definition) is 2. The molecule has 2 unspecified atom stereocenters. The molecular formula is C69H108NO8P.